The van der Waals surface area contributed by atoms with Crippen LogP contribution in [0.5, 0.6) is 0 Å². The van der Waals surface area contributed by atoms with Gasteiger partial charge in [-0.2, -0.15) is 0 Å². The minimum Gasteiger partial charge on any atom is -0.388 e. The lowest BCUT2D eigenvalue weighted by Gasteiger charge is -2.33. The number of anilines is 1. The third kappa shape index (κ3) is 2.91. The van der Waals surface area contributed by atoms with E-state index in [1.165, 1.54) is 22.5 Å². The lowest BCUT2D eigenvalue weighted by Crippen LogP contribution is -2.36. The third-order valence-electron chi connectivity index (χ3n) is 4.36. The molecule has 1 aliphatic rings. The van der Waals surface area contributed by atoms with Gasteiger partial charge in [0.15, 0.2) is 0 Å². The fourth-order valence-corrected chi connectivity index (χ4v) is 4.44. The van der Waals surface area contributed by atoms with Crippen molar-refractivity contribution in [3.63, 3.8) is 0 Å². The average Bonchev–Trinajstić information content (AvgIpc) is 2.55. The van der Waals surface area contributed by atoms with Gasteiger partial charge in [-0.15, -0.1) is 0 Å². The molecule has 0 saturated carbocycles. The van der Waals surface area contributed by atoms with Crippen LogP contribution in [0.15, 0.2) is 47.4 Å². The van der Waals surface area contributed by atoms with E-state index in [0.29, 0.717) is 17.2 Å². The molecule has 1 heterocycles. The lowest BCUT2D eigenvalue weighted by molar-refractivity contribution is 0.166. The van der Waals surface area contributed by atoms with Crippen LogP contribution >= 0.6 is 0 Å². The molecule has 1 atom stereocenters. The van der Waals surface area contributed by atoms with Gasteiger partial charge in [0, 0.05) is 12.1 Å². The number of sulfonamides is 1. The van der Waals surface area contributed by atoms with Gasteiger partial charge in [-0.3, -0.25) is 4.31 Å². The molecule has 2 aromatic rings. The summed E-state index contributed by atoms with van der Waals surface area (Å²) in [6.45, 7) is 4.24. The molecule has 1 aliphatic heterocycles. The van der Waals surface area contributed by atoms with Gasteiger partial charge in [0.1, 0.15) is 5.82 Å². The highest BCUT2D eigenvalue weighted by Crippen LogP contribution is 2.37. The van der Waals surface area contributed by atoms with Crippen molar-refractivity contribution in [1.29, 1.82) is 0 Å². The van der Waals surface area contributed by atoms with Gasteiger partial charge < -0.3 is 5.11 Å². The Kier molecular flexibility index (Phi) is 4.36. The normalized spacial score (nSPS) is 17.9. The molecule has 0 aromatic heterocycles. The molecule has 0 aliphatic carbocycles. The number of hydrogen-bond donors (Lipinski definition) is 1. The van der Waals surface area contributed by atoms with Gasteiger partial charge in [0.25, 0.3) is 10.0 Å². The van der Waals surface area contributed by atoms with Crippen molar-refractivity contribution in [3.8, 4) is 0 Å². The van der Waals surface area contributed by atoms with E-state index in [-0.39, 0.29) is 17.9 Å². The first-order chi connectivity index (χ1) is 11.3. The van der Waals surface area contributed by atoms with Crippen LogP contribution in [0.2, 0.25) is 0 Å². The molecule has 0 radical (unpaired) electrons. The van der Waals surface area contributed by atoms with Crippen LogP contribution in [-0.2, 0) is 10.0 Å². The number of nitrogens with zero attached hydrogens (tertiary/aromatic N) is 1. The molecule has 0 spiro atoms. The topological polar surface area (TPSA) is 57.6 Å². The molecule has 0 amide bonds. The van der Waals surface area contributed by atoms with Crippen molar-refractivity contribution in [2.45, 2.75) is 37.2 Å². The summed E-state index contributed by atoms with van der Waals surface area (Å²) in [6.07, 6.45) is -0.620. The van der Waals surface area contributed by atoms with E-state index >= 15 is 0 Å². The van der Waals surface area contributed by atoms with E-state index in [4.69, 9.17) is 0 Å². The van der Waals surface area contributed by atoms with E-state index in [9.17, 15) is 17.9 Å². The summed E-state index contributed by atoms with van der Waals surface area (Å²) in [5, 5.41) is 10.0. The zero-order valence-electron chi connectivity index (χ0n) is 13.6. The Morgan fingerprint density at radius 1 is 1.17 bits per heavy atom. The minimum absolute atomic E-state index is 0.161. The first kappa shape index (κ1) is 16.9. The summed E-state index contributed by atoms with van der Waals surface area (Å²) in [4.78, 5) is 0.193. The first-order valence-electron chi connectivity index (χ1n) is 7.91. The lowest BCUT2D eigenvalue weighted by atomic mass is 10.0. The highest BCUT2D eigenvalue weighted by Gasteiger charge is 2.32. The molecule has 6 heteroatoms. The van der Waals surface area contributed by atoms with E-state index in [0.717, 1.165) is 5.56 Å². The SMILES string of the molecule is CC(C)c1ccc(S(=O)(=O)N2CCC(O)c3cc(F)ccc32)cc1. The fraction of sp³-hybridized carbons (Fsp3) is 0.333. The van der Waals surface area contributed by atoms with Crippen molar-refractivity contribution >= 4 is 15.7 Å². The number of fused-ring (bicyclic) bond motifs is 1. The highest BCUT2D eigenvalue weighted by molar-refractivity contribution is 7.92. The molecule has 128 valence electrons. The molecule has 3 rings (SSSR count). The Morgan fingerprint density at radius 3 is 2.46 bits per heavy atom. The average molecular weight is 349 g/mol. The van der Waals surface area contributed by atoms with Crippen LogP contribution in [0.1, 0.15) is 43.4 Å². The fourth-order valence-electron chi connectivity index (χ4n) is 2.94. The molecule has 0 fully saturated rings. The number of hydrogen-bond acceptors (Lipinski definition) is 3. The second-order valence-electron chi connectivity index (χ2n) is 6.31. The van der Waals surface area contributed by atoms with Gasteiger partial charge in [-0.05, 0) is 48.2 Å². The van der Waals surface area contributed by atoms with E-state index < -0.39 is 21.9 Å². The monoisotopic (exact) mass is 349 g/mol. The highest BCUT2D eigenvalue weighted by atomic mass is 32.2. The Hall–Kier alpha value is -1.92. The van der Waals surface area contributed by atoms with E-state index in [1.807, 2.05) is 26.0 Å². The molecular formula is C18H20FNO3S. The summed E-state index contributed by atoms with van der Waals surface area (Å²) >= 11 is 0. The molecule has 1 unspecified atom stereocenters. The molecule has 0 bridgehead atoms. The minimum atomic E-state index is -3.75. The number of aliphatic hydroxyl groups is 1. The Morgan fingerprint density at radius 2 is 1.83 bits per heavy atom. The molecular weight excluding hydrogens is 329 g/mol. The maximum Gasteiger partial charge on any atom is 0.264 e. The van der Waals surface area contributed by atoms with Gasteiger partial charge in [0.05, 0.1) is 16.7 Å². The van der Waals surface area contributed by atoms with Crippen LogP contribution in [0.3, 0.4) is 0 Å². The third-order valence-corrected chi connectivity index (χ3v) is 6.19. The molecule has 24 heavy (non-hydrogen) atoms. The summed E-state index contributed by atoms with van der Waals surface area (Å²) in [5.41, 5.74) is 1.71. The summed E-state index contributed by atoms with van der Waals surface area (Å²) < 4.78 is 40.7. The molecule has 0 saturated heterocycles. The molecule has 1 N–H and O–H groups in total. The number of benzene rings is 2. The number of rotatable bonds is 3. The largest absolute Gasteiger partial charge is 0.388 e. The van der Waals surface area contributed by atoms with E-state index in [2.05, 4.69) is 0 Å². The zero-order valence-corrected chi connectivity index (χ0v) is 14.4. The van der Waals surface area contributed by atoms with Gasteiger partial charge in [-0.1, -0.05) is 26.0 Å². The van der Waals surface area contributed by atoms with Gasteiger partial charge in [0.2, 0.25) is 0 Å². The zero-order chi connectivity index (χ0) is 17.5. The number of halogens is 1. The maximum absolute atomic E-state index is 13.5. The smallest absolute Gasteiger partial charge is 0.264 e. The van der Waals surface area contributed by atoms with Crippen LogP contribution in [0.25, 0.3) is 0 Å². The second-order valence-corrected chi connectivity index (χ2v) is 8.17. The van der Waals surface area contributed by atoms with Crippen molar-refractivity contribution in [2.75, 3.05) is 10.8 Å². The van der Waals surface area contributed by atoms with Crippen LogP contribution in [-0.4, -0.2) is 20.1 Å². The van der Waals surface area contributed by atoms with Crippen LogP contribution in [0.4, 0.5) is 10.1 Å². The predicted octanol–water partition coefficient (Wildman–Crippen LogP) is 3.58. The van der Waals surface area contributed by atoms with Crippen LogP contribution < -0.4 is 4.31 Å². The van der Waals surface area contributed by atoms with Gasteiger partial charge >= 0.3 is 0 Å². The Labute approximate surface area is 141 Å². The second kappa shape index (κ2) is 6.18. The van der Waals surface area contributed by atoms with Gasteiger partial charge in [-0.25, -0.2) is 12.8 Å². The molecule has 2 aromatic carbocycles. The van der Waals surface area contributed by atoms with Crippen molar-refractivity contribution in [2.24, 2.45) is 0 Å². The molecule has 4 nitrogen and oxygen atoms in total. The quantitative estimate of drug-likeness (QED) is 0.921. The van der Waals surface area contributed by atoms with Crippen molar-refractivity contribution in [3.05, 3.63) is 59.4 Å². The predicted molar refractivity (Wildman–Crippen MR) is 91.0 cm³/mol. The van der Waals surface area contributed by atoms with Crippen molar-refractivity contribution in [1.82, 2.24) is 0 Å². The van der Waals surface area contributed by atoms with Crippen molar-refractivity contribution < 1.29 is 17.9 Å². The number of aliphatic hydroxyl groups excluding tert-OH is 1. The van der Waals surface area contributed by atoms with E-state index in [1.54, 1.807) is 12.1 Å². The standard InChI is InChI=1S/C18H20FNO3S/c1-12(2)13-3-6-15(7-4-13)24(22,23)20-10-9-18(21)16-11-14(19)5-8-17(16)20/h3-8,11-12,18,21H,9-10H2,1-2H3. The summed E-state index contributed by atoms with van der Waals surface area (Å²) in [7, 11) is -3.75. The van der Waals surface area contributed by atoms with Crippen LogP contribution in [0, 0.1) is 5.82 Å². The Bertz CT molecular complexity index is 847. The summed E-state index contributed by atoms with van der Waals surface area (Å²) in [5.74, 6) is -0.177. The maximum atomic E-state index is 13.5. The summed E-state index contributed by atoms with van der Waals surface area (Å²) in [6, 6.07) is 10.6. The first-order valence-corrected chi connectivity index (χ1v) is 9.35. The Balaban J connectivity index is 2.03.